The SMILES string of the molecule is COCCCC(=O)Nc1cc(N)c(C)cc1C. The number of ether oxygens (including phenoxy) is 1. The summed E-state index contributed by atoms with van der Waals surface area (Å²) in [6.07, 6.45) is 1.18. The first-order valence-electron chi connectivity index (χ1n) is 5.70. The van der Waals surface area contributed by atoms with Gasteiger partial charge in [0.05, 0.1) is 0 Å². The molecule has 0 aliphatic rings. The zero-order valence-corrected chi connectivity index (χ0v) is 10.7. The van der Waals surface area contributed by atoms with Crippen molar-refractivity contribution in [3.63, 3.8) is 0 Å². The molecule has 1 rings (SSSR count). The van der Waals surface area contributed by atoms with E-state index >= 15 is 0 Å². The largest absolute Gasteiger partial charge is 0.398 e. The van der Waals surface area contributed by atoms with E-state index in [-0.39, 0.29) is 5.91 Å². The van der Waals surface area contributed by atoms with Crippen molar-refractivity contribution >= 4 is 17.3 Å². The predicted molar refractivity (Wildman–Crippen MR) is 70.1 cm³/mol. The van der Waals surface area contributed by atoms with E-state index < -0.39 is 0 Å². The first-order chi connectivity index (χ1) is 8.04. The van der Waals surface area contributed by atoms with Gasteiger partial charge in [0.25, 0.3) is 0 Å². The zero-order chi connectivity index (χ0) is 12.8. The second-order valence-corrected chi connectivity index (χ2v) is 4.17. The number of methoxy groups -OCH3 is 1. The highest BCUT2D eigenvalue weighted by molar-refractivity contribution is 5.92. The number of aryl methyl sites for hydroxylation is 2. The smallest absolute Gasteiger partial charge is 0.224 e. The van der Waals surface area contributed by atoms with Crippen molar-refractivity contribution in [1.29, 1.82) is 0 Å². The van der Waals surface area contributed by atoms with Crippen LogP contribution < -0.4 is 11.1 Å². The van der Waals surface area contributed by atoms with Crippen LogP contribution >= 0.6 is 0 Å². The number of nitrogens with two attached hydrogens (primary N) is 1. The molecule has 0 spiro atoms. The van der Waals surface area contributed by atoms with E-state index in [0.717, 1.165) is 23.2 Å². The third kappa shape index (κ3) is 4.07. The van der Waals surface area contributed by atoms with Gasteiger partial charge in [0.15, 0.2) is 0 Å². The Hall–Kier alpha value is -1.55. The van der Waals surface area contributed by atoms with Gasteiger partial charge in [-0.3, -0.25) is 4.79 Å². The molecule has 4 heteroatoms. The number of hydrogen-bond donors (Lipinski definition) is 2. The molecule has 4 nitrogen and oxygen atoms in total. The fraction of sp³-hybridized carbons (Fsp3) is 0.462. The molecule has 0 bridgehead atoms. The number of carbonyl (C=O) groups excluding carboxylic acids is 1. The second kappa shape index (κ2) is 6.25. The molecule has 0 unspecified atom stereocenters. The van der Waals surface area contributed by atoms with E-state index in [1.54, 1.807) is 13.2 Å². The Morgan fingerprint density at radius 3 is 2.71 bits per heavy atom. The monoisotopic (exact) mass is 236 g/mol. The molecule has 1 aromatic carbocycles. The van der Waals surface area contributed by atoms with Crippen LogP contribution in [0.5, 0.6) is 0 Å². The average molecular weight is 236 g/mol. The Labute approximate surface area is 102 Å². The van der Waals surface area contributed by atoms with Gasteiger partial charge >= 0.3 is 0 Å². The second-order valence-electron chi connectivity index (χ2n) is 4.17. The maximum Gasteiger partial charge on any atom is 0.224 e. The molecule has 1 amide bonds. The summed E-state index contributed by atoms with van der Waals surface area (Å²) in [6, 6.07) is 3.78. The molecule has 3 N–H and O–H groups in total. The van der Waals surface area contributed by atoms with Crippen LogP contribution in [0.4, 0.5) is 11.4 Å². The molecule has 94 valence electrons. The first kappa shape index (κ1) is 13.5. The molecular formula is C13H20N2O2. The van der Waals surface area contributed by atoms with Crippen molar-refractivity contribution in [2.75, 3.05) is 24.8 Å². The van der Waals surface area contributed by atoms with E-state index in [0.29, 0.717) is 18.7 Å². The fourth-order valence-electron chi connectivity index (χ4n) is 1.59. The summed E-state index contributed by atoms with van der Waals surface area (Å²) in [5, 5.41) is 2.86. The van der Waals surface area contributed by atoms with Crippen molar-refractivity contribution in [1.82, 2.24) is 0 Å². The third-order valence-corrected chi connectivity index (χ3v) is 2.64. The van der Waals surface area contributed by atoms with E-state index in [1.807, 2.05) is 19.9 Å². The number of rotatable bonds is 5. The molecule has 0 aliphatic carbocycles. The normalized spacial score (nSPS) is 10.3. The Balaban J connectivity index is 2.62. The van der Waals surface area contributed by atoms with Crippen LogP contribution in [-0.2, 0) is 9.53 Å². The number of nitrogens with one attached hydrogen (secondary N) is 1. The summed E-state index contributed by atoms with van der Waals surface area (Å²) >= 11 is 0. The van der Waals surface area contributed by atoms with Crippen LogP contribution in [-0.4, -0.2) is 19.6 Å². The highest BCUT2D eigenvalue weighted by Gasteiger charge is 2.06. The highest BCUT2D eigenvalue weighted by atomic mass is 16.5. The average Bonchev–Trinajstić information content (AvgIpc) is 2.26. The van der Waals surface area contributed by atoms with Crippen molar-refractivity contribution < 1.29 is 9.53 Å². The quantitative estimate of drug-likeness (QED) is 0.608. The third-order valence-electron chi connectivity index (χ3n) is 2.64. The number of benzene rings is 1. The predicted octanol–water partition coefficient (Wildman–Crippen LogP) is 2.25. The molecule has 0 aromatic heterocycles. The van der Waals surface area contributed by atoms with Gasteiger partial charge in [-0.15, -0.1) is 0 Å². The van der Waals surface area contributed by atoms with E-state index in [9.17, 15) is 4.79 Å². The van der Waals surface area contributed by atoms with Crippen LogP contribution in [0.3, 0.4) is 0 Å². The summed E-state index contributed by atoms with van der Waals surface area (Å²) in [4.78, 5) is 11.6. The molecule has 0 aliphatic heterocycles. The van der Waals surface area contributed by atoms with Crippen molar-refractivity contribution in [3.05, 3.63) is 23.3 Å². The number of anilines is 2. The van der Waals surface area contributed by atoms with Crippen LogP contribution in [0.25, 0.3) is 0 Å². The number of nitrogen functional groups attached to an aromatic ring is 1. The Bertz CT molecular complexity index is 403. The minimum absolute atomic E-state index is 0.00611. The van der Waals surface area contributed by atoms with Gasteiger partial charge < -0.3 is 15.8 Å². The van der Waals surface area contributed by atoms with Crippen molar-refractivity contribution in [3.8, 4) is 0 Å². The van der Waals surface area contributed by atoms with Gasteiger partial charge in [-0.05, 0) is 37.5 Å². The summed E-state index contributed by atoms with van der Waals surface area (Å²) in [7, 11) is 1.63. The summed E-state index contributed by atoms with van der Waals surface area (Å²) in [5.74, 6) is -0.00611. The number of carbonyl (C=O) groups is 1. The lowest BCUT2D eigenvalue weighted by molar-refractivity contribution is -0.116. The summed E-state index contributed by atoms with van der Waals surface area (Å²) < 4.78 is 4.90. The van der Waals surface area contributed by atoms with E-state index in [4.69, 9.17) is 10.5 Å². The molecule has 17 heavy (non-hydrogen) atoms. The lowest BCUT2D eigenvalue weighted by Gasteiger charge is -2.11. The molecule has 0 heterocycles. The lowest BCUT2D eigenvalue weighted by Crippen LogP contribution is -2.13. The first-order valence-corrected chi connectivity index (χ1v) is 5.70. The minimum atomic E-state index is -0.00611. The van der Waals surface area contributed by atoms with Crippen LogP contribution in [0, 0.1) is 13.8 Å². The Morgan fingerprint density at radius 1 is 1.35 bits per heavy atom. The lowest BCUT2D eigenvalue weighted by atomic mass is 10.1. The number of hydrogen-bond acceptors (Lipinski definition) is 3. The molecule has 0 radical (unpaired) electrons. The van der Waals surface area contributed by atoms with Gasteiger partial charge in [0, 0.05) is 31.5 Å². The molecule has 0 atom stereocenters. The van der Waals surface area contributed by atoms with Gasteiger partial charge in [0.2, 0.25) is 5.91 Å². The fourth-order valence-corrected chi connectivity index (χ4v) is 1.59. The van der Waals surface area contributed by atoms with Gasteiger partial charge in [-0.1, -0.05) is 6.07 Å². The van der Waals surface area contributed by atoms with E-state index in [2.05, 4.69) is 5.32 Å². The van der Waals surface area contributed by atoms with Gasteiger partial charge in [0.1, 0.15) is 0 Å². The van der Waals surface area contributed by atoms with Crippen LogP contribution in [0.1, 0.15) is 24.0 Å². The number of amides is 1. The van der Waals surface area contributed by atoms with Crippen LogP contribution in [0.2, 0.25) is 0 Å². The molecule has 0 saturated carbocycles. The highest BCUT2D eigenvalue weighted by Crippen LogP contribution is 2.22. The minimum Gasteiger partial charge on any atom is -0.398 e. The van der Waals surface area contributed by atoms with Crippen molar-refractivity contribution in [2.45, 2.75) is 26.7 Å². The molecule has 0 saturated heterocycles. The maximum absolute atomic E-state index is 11.6. The summed E-state index contributed by atoms with van der Waals surface area (Å²) in [5.41, 5.74) is 9.35. The summed E-state index contributed by atoms with van der Waals surface area (Å²) in [6.45, 7) is 4.51. The topological polar surface area (TPSA) is 64.3 Å². The van der Waals surface area contributed by atoms with Crippen molar-refractivity contribution in [2.24, 2.45) is 0 Å². The standard InChI is InChI=1S/C13H20N2O2/c1-9-7-10(2)12(8-11(9)14)15-13(16)5-4-6-17-3/h7-8H,4-6,14H2,1-3H3,(H,15,16). The van der Waals surface area contributed by atoms with Gasteiger partial charge in [-0.25, -0.2) is 0 Å². The Morgan fingerprint density at radius 2 is 2.06 bits per heavy atom. The Kier molecular flexibility index (Phi) is 4.97. The molecular weight excluding hydrogens is 216 g/mol. The van der Waals surface area contributed by atoms with Crippen LogP contribution in [0.15, 0.2) is 12.1 Å². The van der Waals surface area contributed by atoms with E-state index in [1.165, 1.54) is 0 Å². The zero-order valence-electron chi connectivity index (χ0n) is 10.7. The molecule has 1 aromatic rings. The molecule has 0 fully saturated rings. The van der Waals surface area contributed by atoms with Gasteiger partial charge in [-0.2, -0.15) is 0 Å². The maximum atomic E-state index is 11.6.